The monoisotopic (exact) mass is 353 g/mol. The lowest BCUT2D eigenvalue weighted by Gasteiger charge is -2.12. The van der Waals surface area contributed by atoms with Gasteiger partial charge in [-0.15, -0.1) is 0 Å². The first kappa shape index (κ1) is 16.0. The van der Waals surface area contributed by atoms with Crippen molar-refractivity contribution in [3.8, 4) is 11.5 Å². The van der Waals surface area contributed by atoms with Gasteiger partial charge < -0.3 is 9.47 Å². The molecule has 2 aromatic carbocycles. The molecule has 0 saturated carbocycles. The van der Waals surface area contributed by atoms with Crippen LogP contribution < -0.4 is 14.2 Å². The summed E-state index contributed by atoms with van der Waals surface area (Å²) in [6.45, 7) is 2.94. The number of anilines is 1. The highest BCUT2D eigenvalue weighted by Crippen LogP contribution is 2.33. The molecule has 2 aromatic rings. The third-order valence-corrected chi connectivity index (χ3v) is 5.24. The van der Waals surface area contributed by atoms with E-state index in [0.29, 0.717) is 35.4 Å². The maximum Gasteiger partial charge on any atom is 0.261 e. The van der Waals surface area contributed by atoms with E-state index in [-0.39, 0.29) is 4.90 Å². The molecule has 1 N–H and O–H groups in total. The second-order valence-corrected chi connectivity index (χ2v) is 7.32. The molecular formula is C16H16ClNO4S. The molecule has 0 bridgehead atoms. The minimum Gasteiger partial charge on any atom is -0.490 e. The van der Waals surface area contributed by atoms with Crippen molar-refractivity contribution in [2.75, 3.05) is 17.9 Å². The Balaban J connectivity index is 1.88. The topological polar surface area (TPSA) is 64.6 Å². The molecule has 3 rings (SSSR count). The second kappa shape index (κ2) is 6.29. The zero-order chi connectivity index (χ0) is 16.4. The Morgan fingerprint density at radius 3 is 2.52 bits per heavy atom. The number of sulfonamides is 1. The number of ether oxygens (including phenoxy) is 2. The van der Waals surface area contributed by atoms with Crippen LogP contribution in [0.2, 0.25) is 5.02 Å². The molecule has 0 amide bonds. The van der Waals surface area contributed by atoms with E-state index in [0.717, 1.165) is 12.0 Å². The van der Waals surface area contributed by atoms with E-state index in [9.17, 15) is 8.42 Å². The molecule has 1 aliphatic rings. The largest absolute Gasteiger partial charge is 0.490 e. The molecule has 5 nitrogen and oxygen atoms in total. The van der Waals surface area contributed by atoms with Gasteiger partial charge in [-0.3, -0.25) is 4.72 Å². The number of rotatable bonds is 3. The molecule has 0 atom stereocenters. The van der Waals surface area contributed by atoms with E-state index in [4.69, 9.17) is 21.1 Å². The molecule has 7 heteroatoms. The van der Waals surface area contributed by atoms with Crippen LogP contribution in [0.3, 0.4) is 0 Å². The van der Waals surface area contributed by atoms with Crippen molar-refractivity contribution in [3.63, 3.8) is 0 Å². The average molecular weight is 354 g/mol. The first-order valence-corrected chi connectivity index (χ1v) is 9.00. The van der Waals surface area contributed by atoms with Crippen molar-refractivity contribution in [2.24, 2.45) is 0 Å². The molecule has 1 aliphatic heterocycles. The quantitative estimate of drug-likeness (QED) is 0.915. The van der Waals surface area contributed by atoms with Crippen LogP contribution in [-0.2, 0) is 10.0 Å². The van der Waals surface area contributed by atoms with E-state index < -0.39 is 10.0 Å². The van der Waals surface area contributed by atoms with Crippen LogP contribution in [0.1, 0.15) is 12.0 Å². The molecule has 0 fully saturated rings. The molecule has 23 heavy (non-hydrogen) atoms. The van der Waals surface area contributed by atoms with Gasteiger partial charge in [0.2, 0.25) is 0 Å². The highest BCUT2D eigenvalue weighted by Gasteiger charge is 2.17. The number of benzene rings is 2. The van der Waals surface area contributed by atoms with Crippen LogP contribution in [0.5, 0.6) is 11.5 Å². The zero-order valence-electron chi connectivity index (χ0n) is 12.5. The summed E-state index contributed by atoms with van der Waals surface area (Å²) in [5.74, 6) is 1.15. The summed E-state index contributed by atoms with van der Waals surface area (Å²) < 4.78 is 38.5. The van der Waals surface area contributed by atoms with Gasteiger partial charge in [0.15, 0.2) is 11.5 Å². The van der Waals surface area contributed by atoms with E-state index >= 15 is 0 Å². The molecule has 0 aromatic heterocycles. The summed E-state index contributed by atoms with van der Waals surface area (Å²) in [6.07, 6.45) is 0.789. The number of nitrogens with one attached hydrogen (secondary N) is 1. The fourth-order valence-electron chi connectivity index (χ4n) is 2.18. The number of halogens is 1. The van der Waals surface area contributed by atoms with Crippen molar-refractivity contribution in [3.05, 3.63) is 47.0 Å². The van der Waals surface area contributed by atoms with E-state index in [1.54, 1.807) is 24.3 Å². The lowest BCUT2D eigenvalue weighted by Crippen LogP contribution is -2.13. The third kappa shape index (κ3) is 3.54. The minimum atomic E-state index is -3.72. The predicted octanol–water partition coefficient (Wildman–Crippen LogP) is 3.61. The Kier molecular flexibility index (Phi) is 4.37. The summed E-state index contributed by atoms with van der Waals surface area (Å²) in [4.78, 5) is 0.111. The van der Waals surface area contributed by atoms with Crippen LogP contribution in [-0.4, -0.2) is 21.6 Å². The third-order valence-electron chi connectivity index (χ3n) is 3.45. The van der Waals surface area contributed by atoms with Gasteiger partial charge in [-0.25, -0.2) is 8.42 Å². The Morgan fingerprint density at radius 1 is 1.04 bits per heavy atom. The molecular weight excluding hydrogens is 338 g/mol. The Bertz CT molecular complexity index is 836. The van der Waals surface area contributed by atoms with Crippen molar-refractivity contribution in [1.82, 2.24) is 0 Å². The summed E-state index contributed by atoms with van der Waals surface area (Å²) in [5, 5.41) is 0.409. The van der Waals surface area contributed by atoms with Gasteiger partial charge in [-0.2, -0.15) is 0 Å². The fourth-order valence-corrected chi connectivity index (χ4v) is 3.50. The van der Waals surface area contributed by atoms with E-state index in [2.05, 4.69) is 4.72 Å². The van der Waals surface area contributed by atoms with Gasteiger partial charge in [0, 0.05) is 17.5 Å². The predicted molar refractivity (Wildman–Crippen MR) is 89.0 cm³/mol. The van der Waals surface area contributed by atoms with Gasteiger partial charge in [0.1, 0.15) is 0 Å². The first-order chi connectivity index (χ1) is 11.0. The lowest BCUT2D eigenvalue weighted by molar-refractivity contribution is 0.297. The summed E-state index contributed by atoms with van der Waals surface area (Å²) in [7, 11) is -3.72. The highest BCUT2D eigenvalue weighted by atomic mass is 35.5. The van der Waals surface area contributed by atoms with Crippen LogP contribution >= 0.6 is 11.6 Å². The van der Waals surface area contributed by atoms with Crippen LogP contribution in [0, 0.1) is 6.92 Å². The van der Waals surface area contributed by atoms with Gasteiger partial charge in [0.05, 0.1) is 23.8 Å². The Hall–Kier alpha value is -1.92. The summed E-state index contributed by atoms with van der Waals surface area (Å²) >= 11 is 6.01. The Morgan fingerprint density at radius 2 is 1.78 bits per heavy atom. The maximum absolute atomic E-state index is 12.5. The van der Waals surface area contributed by atoms with Gasteiger partial charge >= 0.3 is 0 Å². The molecule has 0 aliphatic carbocycles. The molecule has 0 unspecified atom stereocenters. The minimum absolute atomic E-state index is 0.111. The smallest absolute Gasteiger partial charge is 0.261 e. The standard InChI is InChI=1S/C16H16ClNO4S/c1-11-3-5-13(10-14(11)17)23(19,20)18-12-4-6-15-16(9-12)22-8-2-7-21-15/h3-6,9-10,18H,2,7-8H2,1H3. The molecule has 122 valence electrons. The highest BCUT2D eigenvalue weighted by molar-refractivity contribution is 7.92. The van der Waals surface area contributed by atoms with Gasteiger partial charge in [-0.05, 0) is 36.8 Å². The van der Waals surface area contributed by atoms with E-state index in [1.807, 2.05) is 6.92 Å². The van der Waals surface area contributed by atoms with Crippen molar-refractivity contribution >= 4 is 27.3 Å². The number of fused-ring (bicyclic) bond motifs is 1. The Labute approximate surface area is 140 Å². The fraction of sp³-hybridized carbons (Fsp3) is 0.250. The molecule has 1 heterocycles. The SMILES string of the molecule is Cc1ccc(S(=O)(=O)Nc2ccc3c(c2)OCCCO3)cc1Cl. The van der Waals surface area contributed by atoms with Gasteiger partial charge in [-0.1, -0.05) is 17.7 Å². The van der Waals surface area contributed by atoms with Crippen molar-refractivity contribution in [1.29, 1.82) is 0 Å². The van der Waals surface area contributed by atoms with Gasteiger partial charge in [0.25, 0.3) is 10.0 Å². The normalized spacial score (nSPS) is 14.2. The van der Waals surface area contributed by atoms with Crippen LogP contribution in [0.25, 0.3) is 0 Å². The summed E-state index contributed by atoms with van der Waals surface area (Å²) in [6, 6.07) is 9.58. The molecule has 0 radical (unpaired) electrons. The van der Waals surface area contributed by atoms with Crippen LogP contribution in [0.15, 0.2) is 41.3 Å². The number of hydrogen-bond donors (Lipinski definition) is 1. The van der Waals surface area contributed by atoms with Crippen LogP contribution in [0.4, 0.5) is 5.69 Å². The van der Waals surface area contributed by atoms with Crippen molar-refractivity contribution in [2.45, 2.75) is 18.2 Å². The molecule has 0 saturated heterocycles. The lowest BCUT2D eigenvalue weighted by atomic mass is 10.2. The first-order valence-electron chi connectivity index (χ1n) is 7.14. The summed E-state index contributed by atoms with van der Waals surface area (Å²) in [5.41, 5.74) is 1.23. The molecule has 0 spiro atoms. The average Bonchev–Trinajstić information content (AvgIpc) is 2.74. The maximum atomic E-state index is 12.5. The second-order valence-electron chi connectivity index (χ2n) is 5.23. The van der Waals surface area contributed by atoms with E-state index in [1.165, 1.54) is 12.1 Å². The zero-order valence-corrected chi connectivity index (χ0v) is 14.1. The number of hydrogen-bond acceptors (Lipinski definition) is 4. The number of aryl methyl sites for hydroxylation is 1. The van der Waals surface area contributed by atoms with Crippen molar-refractivity contribution < 1.29 is 17.9 Å².